The normalized spacial score (nSPS) is 18.0. The Morgan fingerprint density at radius 1 is 0.818 bits per heavy atom. The zero-order valence-corrected chi connectivity index (χ0v) is 26.8. The summed E-state index contributed by atoms with van der Waals surface area (Å²) < 4.78 is 5.52. The molecule has 228 valence electrons. The van der Waals surface area contributed by atoms with Crippen molar-refractivity contribution in [3.8, 4) is 11.3 Å². The van der Waals surface area contributed by atoms with E-state index in [1.165, 1.54) is 25.1 Å². The predicted molar refractivity (Wildman–Crippen MR) is 181 cm³/mol. The molecule has 1 aromatic heterocycles. The highest BCUT2D eigenvalue weighted by atomic mass is 32.2. The van der Waals surface area contributed by atoms with Crippen LogP contribution in [0.15, 0.2) is 103 Å². The van der Waals surface area contributed by atoms with Gasteiger partial charge in [-0.05, 0) is 42.8 Å². The Hall–Kier alpha value is -3.21. The van der Waals surface area contributed by atoms with E-state index in [9.17, 15) is 4.79 Å². The predicted octanol–water partition coefficient (Wildman–Crippen LogP) is 6.11. The number of nitrogens with zero attached hydrogens (tertiary/aromatic N) is 3. The number of hydrogen-bond acceptors (Lipinski definition) is 8. The first kappa shape index (κ1) is 29.5. The summed E-state index contributed by atoms with van der Waals surface area (Å²) in [5, 5.41) is 3.76. The smallest absolute Gasteiger partial charge is 0.250 e. The fraction of sp³-hybridized carbons (Fsp3) is 0.343. The van der Waals surface area contributed by atoms with Gasteiger partial charge in [0.25, 0.3) is 0 Å². The molecule has 1 unspecified atom stereocenters. The number of nitrogens with one attached hydrogen (secondary N) is 2. The molecule has 7 rings (SSSR count). The van der Waals surface area contributed by atoms with E-state index in [0.29, 0.717) is 19.3 Å². The van der Waals surface area contributed by atoms with Crippen molar-refractivity contribution in [3.63, 3.8) is 0 Å². The SMILES string of the molecule is CC(CN1CCN(Cc2ccccc2)CC1)Nc1ccc2c(c1)Sc1cccc(-c3cc(N4CCOCC4)cc(=O)[nH]3)c1S2. The number of piperazine rings is 1. The quantitative estimate of drug-likeness (QED) is 0.214. The van der Waals surface area contributed by atoms with Crippen LogP contribution in [0.4, 0.5) is 11.4 Å². The second-order valence-electron chi connectivity index (χ2n) is 11.8. The standard InChI is InChI=1S/C35H39N5O2S2/c1-25(23-38-12-14-39(15-13-38)24-26-6-3-2-4-7-26)36-27-10-11-31-33(20-27)43-32-9-5-8-29(35(32)44-31)30-21-28(22-34(41)37-30)40-16-18-42-19-17-40/h2-11,20-22,25,36H,12-19,23-24H2,1H3,(H,37,41). The van der Waals surface area contributed by atoms with Crippen molar-refractivity contribution in [2.45, 2.75) is 39.1 Å². The van der Waals surface area contributed by atoms with Crippen molar-refractivity contribution in [1.29, 1.82) is 0 Å². The fourth-order valence-electron chi connectivity index (χ4n) is 6.27. The molecule has 0 amide bonds. The van der Waals surface area contributed by atoms with Crippen LogP contribution in [0.25, 0.3) is 11.3 Å². The molecule has 2 fully saturated rings. The van der Waals surface area contributed by atoms with Crippen molar-refractivity contribution in [2.24, 2.45) is 0 Å². The number of ether oxygens (including phenoxy) is 1. The van der Waals surface area contributed by atoms with Gasteiger partial charge in [-0.3, -0.25) is 14.6 Å². The molecule has 0 bridgehead atoms. The Morgan fingerprint density at radius 3 is 2.43 bits per heavy atom. The molecule has 4 heterocycles. The highest BCUT2D eigenvalue weighted by Crippen LogP contribution is 2.52. The molecule has 0 saturated carbocycles. The minimum absolute atomic E-state index is 0.0747. The van der Waals surface area contributed by atoms with Gasteiger partial charge in [-0.2, -0.15) is 0 Å². The van der Waals surface area contributed by atoms with Crippen molar-refractivity contribution in [3.05, 3.63) is 94.8 Å². The number of benzene rings is 3. The Balaban J connectivity index is 0.991. The molecular weight excluding hydrogens is 587 g/mol. The fourth-order valence-corrected chi connectivity index (χ4v) is 8.68. The lowest BCUT2D eigenvalue weighted by Gasteiger charge is -2.36. The second kappa shape index (κ2) is 13.4. The van der Waals surface area contributed by atoms with Crippen molar-refractivity contribution in [2.75, 3.05) is 69.2 Å². The summed E-state index contributed by atoms with van der Waals surface area (Å²) in [4.78, 5) is 28.1. The van der Waals surface area contributed by atoms with Crippen LogP contribution in [0.2, 0.25) is 0 Å². The average molecular weight is 626 g/mol. The first-order valence-corrected chi connectivity index (χ1v) is 17.2. The van der Waals surface area contributed by atoms with E-state index >= 15 is 0 Å². The van der Waals surface area contributed by atoms with Crippen LogP contribution in [-0.4, -0.2) is 79.9 Å². The number of aromatic nitrogens is 1. The summed E-state index contributed by atoms with van der Waals surface area (Å²) in [6.07, 6.45) is 0. The molecule has 4 aromatic rings. The van der Waals surface area contributed by atoms with Crippen molar-refractivity contribution >= 4 is 34.9 Å². The lowest BCUT2D eigenvalue weighted by molar-refractivity contribution is 0.122. The molecular formula is C35H39N5O2S2. The highest BCUT2D eigenvalue weighted by molar-refractivity contribution is 8.05. The zero-order chi connectivity index (χ0) is 29.9. The lowest BCUT2D eigenvalue weighted by atomic mass is 10.1. The summed E-state index contributed by atoms with van der Waals surface area (Å²) in [6.45, 7) is 11.8. The van der Waals surface area contributed by atoms with Crippen LogP contribution in [0.1, 0.15) is 12.5 Å². The molecule has 3 aliphatic heterocycles. The molecule has 0 radical (unpaired) electrons. The van der Waals surface area contributed by atoms with Gasteiger partial charge in [0.05, 0.1) is 18.9 Å². The van der Waals surface area contributed by atoms with Gasteiger partial charge in [0.15, 0.2) is 0 Å². The van der Waals surface area contributed by atoms with Crippen LogP contribution in [0.5, 0.6) is 0 Å². The first-order chi connectivity index (χ1) is 21.6. The van der Waals surface area contributed by atoms with Gasteiger partial charge in [-0.25, -0.2) is 0 Å². The third-order valence-corrected chi connectivity index (χ3v) is 11.1. The van der Waals surface area contributed by atoms with Crippen LogP contribution in [-0.2, 0) is 11.3 Å². The number of rotatable bonds is 8. The number of pyridine rings is 1. The van der Waals surface area contributed by atoms with Crippen LogP contribution in [0.3, 0.4) is 0 Å². The van der Waals surface area contributed by atoms with Crippen molar-refractivity contribution in [1.82, 2.24) is 14.8 Å². The largest absolute Gasteiger partial charge is 0.381 e. The van der Waals surface area contributed by atoms with E-state index in [2.05, 4.69) is 105 Å². The molecule has 3 aromatic carbocycles. The molecule has 9 heteroatoms. The van der Waals surface area contributed by atoms with Gasteiger partial charge in [-0.15, -0.1) is 0 Å². The second-order valence-corrected chi connectivity index (χ2v) is 14.0. The average Bonchev–Trinajstić information content (AvgIpc) is 3.05. The number of morpholine rings is 1. The summed E-state index contributed by atoms with van der Waals surface area (Å²) in [5.74, 6) is 0. The molecule has 7 nitrogen and oxygen atoms in total. The van der Waals surface area contributed by atoms with Gasteiger partial charge in [0.2, 0.25) is 5.56 Å². The van der Waals surface area contributed by atoms with Gasteiger partial charge in [-0.1, -0.05) is 66.0 Å². The number of fused-ring (bicyclic) bond motifs is 2. The van der Waals surface area contributed by atoms with Crippen LogP contribution >= 0.6 is 23.5 Å². The highest BCUT2D eigenvalue weighted by Gasteiger charge is 2.23. The van der Waals surface area contributed by atoms with E-state index in [1.54, 1.807) is 17.8 Å². The minimum Gasteiger partial charge on any atom is -0.381 e. The molecule has 2 saturated heterocycles. The monoisotopic (exact) mass is 625 g/mol. The van der Waals surface area contributed by atoms with Gasteiger partial charge in [0.1, 0.15) is 0 Å². The number of hydrogen-bond donors (Lipinski definition) is 2. The van der Waals surface area contributed by atoms with E-state index in [-0.39, 0.29) is 5.56 Å². The summed E-state index contributed by atoms with van der Waals surface area (Å²) in [6, 6.07) is 28.1. The molecule has 2 N–H and O–H groups in total. The number of anilines is 2. The maximum absolute atomic E-state index is 12.7. The lowest BCUT2D eigenvalue weighted by Crippen LogP contribution is -2.48. The third-order valence-electron chi connectivity index (χ3n) is 8.51. The maximum atomic E-state index is 12.7. The molecule has 0 spiro atoms. The van der Waals surface area contributed by atoms with E-state index in [4.69, 9.17) is 4.74 Å². The molecule has 1 atom stereocenters. The van der Waals surface area contributed by atoms with Crippen LogP contribution in [0, 0.1) is 0 Å². The minimum atomic E-state index is -0.0747. The Kier molecular flexibility index (Phi) is 9.00. The Bertz CT molecular complexity index is 1650. The van der Waals surface area contributed by atoms with Crippen LogP contribution < -0.4 is 15.8 Å². The number of aromatic amines is 1. The first-order valence-electron chi connectivity index (χ1n) is 15.5. The summed E-state index contributed by atoms with van der Waals surface area (Å²) >= 11 is 3.60. The van der Waals surface area contributed by atoms with Gasteiger partial charge < -0.3 is 19.9 Å². The number of H-pyrrole nitrogens is 1. The maximum Gasteiger partial charge on any atom is 0.250 e. The third kappa shape index (κ3) is 6.87. The summed E-state index contributed by atoms with van der Waals surface area (Å²) in [5.41, 5.74) is 5.37. The molecule has 3 aliphatic rings. The molecule has 44 heavy (non-hydrogen) atoms. The van der Waals surface area contributed by atoms with Gasteiger partial charge in [0, 0.05) is 101 Å². The van der Waals surface area contributed by atoms with E-state index in [1.807, 2.05) is 11.8 Å². The van der Waals surface area contributed by atoms with Gasteiger partial charge >= 0.3 is 0 Å². The molecule has 0 aliphatic carbocycles. The zero-order valence-electron chi connectivity index (χ0n) is 25.1. The van der Waals surface area contributed by atoms with E-state index < -0.39 is 0 Å². The van der Waals surface area contributed by atoms with E-state index in [0.717, 1.165) is 75.0 Å². The Labute approximate surface area is 268 Å². The summed E-state index contributed by atoms with van der Waals surface area (Å²) in [7, 11) is 0. The van der Waals surface area contributed by atoms with Crippen molar-refractivity contribution < 1.29 is 4.74 Å². The Morgan fingerprint density at radius 2 is 1.61 bits per heavy atom. The topological polar surface area (TPSA) is 63.8 Å².